The van der Waals surface area contributed by atoms with Crippen LogP contribution in [-0.2, 0) is 32.3 Å². The van der Waals surface area contributed by atoms with Gasteiger partial charge in [0, 0.05) is 13.2 Å². The highest BCUT2D eigenvalue weighted by molar-refractivity contribution is 7.92. The molecule has 0 spiro atoms. The van der Waals surface area contributed by atoms with Gasteiger partial charge in [-0.3, -0.25) is 4.31 Å². The van der Waals surface area contributed by atoms with Gasteiger partial charge in [0.2, 0.25) is 0 Å². The summed E-state index contributed by atoms with van der Waals surface area (Å²) in [5.74, 6) is -0.429. The van der Waals surface area contributed by atoms with Crippen LogP contribution >= 0.6 is 0 Å². The fourth-order valence-electron chi connectivity index (χ4n) is 4.99. The molecule has 0 N–H and O–H groups in total. The van der Waals surface area contributed by atoms with Crippen molar-refractivity contribution >= 4 is 21.7 Å². The minimum Gasteiger partial charge on any atom is -0.492 e. The summed E-state index contributed by atoms with van der Waals surface area (Å²) in [6.45, 7) is 3.49. The van der Waals surface area contributed by atoms with Crippen molar-refractivity contribution < 1.29 is 40.6 Å². The maximum absolute atomic E-state index is 13.9. The molecule has 7 nitrogen and oxygen atoms in total. The molecule has 208 valence electrons. The molecule has 1 saturated heterocycles. The lowest BCUT2D eigenvalue weighted by Gasteiger charge is -2.38. The SMILES string of the molecule is CCc1ccc2c(c1)CC[C@@H](CC(F)(F)F)N2S(=O)(=O)c1ccc(OCC2CCOCC2)c(C(=O)OC)c1. The van der Waals surface area contributed by atoms with Gasteiger partial charge >= 0.3 is 12.1 Å². The second-order valence-electron chi connectivity index (χ2n) is 9.65. The Hall–Kier alpha value is -2.79. The van der Waals surface area contributed by atoms with E-state index in [0.29, 0.717) is 38.2 Å². The van der Waals surface area contributed by atoms with Crippen molar-refractivity contribution in [2.24, 2.45) is 5.92 Å². The second-order valence-corrected chi connectivity index (χ2v) is 11.5. The predicted molar refractivity (Wildman–Crippen MR) is 135 cm³/mol. The summed E-state index contributed by atoms with van der Waals surface area (Å²) in [7, 11) is -3.32. The zero-order valence-corrected chi connectivity index (χ0v) is 22.2. The van der Waals surface area contributed by atoms with E-state index < -0.39 is 34.6 Å². The van der Waals surface area contributed by atoms with E-state index in [4.69, 9.17) is 14.2 Å². The molecule has 2 aliphatic heterocycles. The third kappa shape index (κ3) is 6.26. The fraction of sp³-hybridized carbons (Fsp3) is 0.519. The summed E-state index contributed by atoms with van der Waals surface area (Å²) >= 11 is 0. The van der Waals surface area contributed by atoms with Crippen LogP contribution in [-0.4, -0.2) is 53.5 Å². The molecule has 0 aliphatic carbocycles. The van der Waals surface area contributed by atoms with Gasteiger partial charge in [0.05, 0.1) is 36.8 Å². The molecule has 38 heavy (non-hydrogen) atoms. The van der Waals surface area contributed by atoms with Gasteiger partial charge in [-0.25, -0.2) is 13.2 Å². The van der Waals surface area contributed by atoms with E-state index >= 15 is 0 Å². The van der Waals surface area contributed by atoms with E-state index in [0.717, 1.165) is 35.9 Å². The number of carbonyl (C=O) groups is 1. The van der Waals surface area contributed by atoms with Crippen LogP contribution in [0.5, 0.6) is 5.75 Å². The van der Waals surface area contributed by atoms with Gasteiger partial charge in [-0.15, -0.1) is 0 Å². The second kappa shape index (κ2) is 11.5. The number of esters is 1. The lowest BCUT2D eigenvalue weighted by molar-refractivity contribution is -0.138. The summed E-state index contributed by atoms with van der Waals surface area (Å²) in [6.07, 6.45) is -3.17. The molecule has 4 rings (SSSR count). The number of aryl methyl sites for hydroxylation is 2. The first-order valence-corrected chi connectivity index (χ1v) is 14.1. The van der Waals surface area contributed by atoms with Crippen LogP contribution in [0.1, 0.15) is 54.1 Å². The number of ether oxygens (including phenoxy) is 3. The van der Waals surface area contributed by atoms with E-state index in [-0.39, 0.29) is 34.2 Å². The molecule has 2 heterocycles. The van der Waals surface area contributed by atoms with Gasteiger partial charge in [-0.1, -0.05) is 19.1 Å². The lowest BCUT2D eigenvalue weighted by atomic mass is 9.94. The topological polar surface area (TPSA) is 82.1 Å². The monoisotopic (exact) mass is 555 g/mol. The van der Waals surface area contributed by atoms with Gasteiger partial charge in [0.15, 0.2) is 0 Å². The van der Waals surface area contributed by atoms with Crippen molar-refractivity contribution in [2.45, 2.75) is 62.6 Å². The largest absolute Gasteiger partial charge is 0.492 e. The third-order valence-corrected chi connectivity index (χ3v) is 8.93. The van der Waals surface area contributed by atoms with Gasteiger partial charge in [-0.2, -0.15) is 13.2 Å². The van der Waals surface area contributed by atoms with E-state index in [1.165, 1.54) is 12.1 Å². The summed E-state index contributed by atoms with van der Waals surface area (Å²) in [5.41, 5.74) is 1.76. The van der Waals surface area contributed by atoms with Gasteiger partial charge in [0.1, 0.15) is 11.3 Å². The van der Waals surface area contributed by atoms with Crippen molar-refractivity contribution in [1.29, 1.82) is 0 Å². The molecule has 2 aromatic rings. The molecule has 0 radical (unpaired) electrons. The van der Waals surface area contributed by atoms with Crippen molar-refractivity contribution in [2.75, 3.05) is 31.2 Å². The normalized spacial score (nSPS) is 18.7. The number of methoxy groups -OCH3 is 1. The first-order valence-electron chi connectivity index (χ1n) is 12.7. The highest BCUT2D eigenvalue weighted by Crippen LogP contribution is 2.40. The highest BCUT2D eigenvalue weighted by Gasteiger charge is 2.42. The Labute approximate surface area is 220 Å². The molecule has 1 atom stereocenters. The van der Waals surface area contributed by atoms with E-state index in [2.05, 4.69) is 0 Å². The molecular weight excluding hydrogens is 523 g/mol. The van der Waals surface area contributed by atoms with E-state index in [1.807, 2.05) is 13.0 Å². The van der Waals surface area contributed by atoms with Crippen LogP contribution in [0.3, 0.4) is 0 Å². The molecular formula is C27H32F3NO6S. The standard InChI is InChI=1S/C27H32F3NO6S/c1-3-18-4-8-24-20(14-18)5-6-21(16-27(28,29)30)31(24)38(33,34)22-7-9-25(23(15-22)26(32)35-2)37-17-19-10-12-36-13-11-19/h4,7-9,14-15,19,21H,3,5-6,10-13,16-17H2,1-2H3/t21-/m0/s1. The van der Waals surface area contributed by atoms with Crippen molar-refractivity contribution in [3.8, 4) is 5.75 Å². The average Bonchev–Trinajstić information content (AvgIpc) is 2.90. The molecule has 2 aromatic carbocycles. The Balaban J connectivity index is 1.73. The van der Waals surface area contributed by atoms with Crippen LogP contribution in [0.25, 0.3) is 0 Å². The molecule has 0 aromatic heterocycles. The number of alkyl halides is 3. The lowest BCUT2D eigenvalue weighted by Crippen LogP contribution is -2.45. The van der Waals surface area contributed by atoms with Crippen molar-refractivity contribution in [3.63, 3.8) is 0 Å². The third-order valence-electron chi connectivity index (χ3n) is 7.06. The molecule has 0 bridgehead atoms. The average molecular weight is 556 g/mol. The number of rotatable bonds is 8. The molecule has 0 saturated carbocycles. The number of fused-ring (bicyclic) bond motifs is 1. The maximum Gasteiger partial charge on any atom is 0.391 e. The molecule has 0 unspecified atom stereocenters. The predicted octanol–water partition coefficient (Wildman–Crippen LogP) is 5.30. The number of hydrogen-bond acceptors (Lipinski definition) is 6. The Kier molecular flexibility index (Phi) is 8.56. The number of benzene rings is 2. The quantitative estimate of drug-likeness (QED) is 0.411. The Bertz CT molecular complexity index is 1260. The Morgan fingerprint density at radius 1 is 1.11 bits per heavy atom. The number of nitrogens with zero attached hydrogens (tertiary/aromatic N) is 1. The van der Waals surface area contributed by atoms with Crippen molar-refractivity contribution in [1.82, 2.24) is 0 Å². The van der Waals surface area contributed by atoms with E-state index in [1.54, 1.807) is 12.1 Å². The number of carbonyl (C=O) groups excluding carboxylic acids is 1. The number of sulfonamides is 1. The first-order chi connectivity index (χ1) is 18.0. The van der Waals surface area contributed by atoms with E-state index in [9.17, 15) is 26.4 Å². The summed E-state index contributed by atoms with van der Waals surface area (Å²) < 4.78 is 85.3. The Morgan fingerprint density at radius 2 is 1.84 bits per heavy atom. The minimum absolute atomic E-state index is 0.0229. The number of anilines is 1. The summed E-state index contributed by atoms with van der Waals surface area (Å²) in [4.78, 5) is 12.3. The van der Waals surface area contributed by atoms with Crippen LogP contribution in [0, 0.1) is 5.92 Å². The van der Waals surface area contributed by atoms with Crippen LogP contribution in [0.15, 0.2) is 41.3 Å². The van der Waals surface area contributed by atoms with Gasteiger partial charge < -0.3 is 14.2 Å². The zero-order valence-electron chi connectivity index (χ0n) is 21.4. The van der Waals surface area contributed by atoms with Crippen LogP contribution in [0.4, 0.5) is 18.9 Å². The minimum atomic E-state index is -4.56. The van der Waals surface area contributed by atoms with Gasteiger partial charge in [0.25, 0.3) is 10.0 Å². The van der Waals surface area contributed by atoms with Crippen molar-refractivity contribution in [3.05, 3.63) is 53.1 Å². The number of halogens is 3. The van der Waals surface area contributed by atoms with Gasteiger partial charge in [-0.05, 0) is 73.4 Å². The number of hydrogen-bond donors (Lipinski definition) is 0. The molecule has 2 aliphatic rings. The zero-order chi connectivity index (χ0) is 27.5. The molecule has 0 amide bonds. The molecule has 11 heteroatoms. The van der Waals surface area contributed by atoms with Crippen LogP contribution in [0.2, 0.25) is 0 Å². The Morgan fingerprint density at radius 3 is 2.50 bits per heavy atom. The maximum atomic E-state index is 13.9. The molecule has 1 fully saturated rings. The van der Waals surface area contributed by atoms with Crippen LogP contribution < -0.4 is 9.04 Å². The summed E-state index contributed by atoms with van der Waals surface area (Å²) in [6, 6.07) is 7.58. The fourth-order valence-corrected chi connectivity index (χ4v) is 6.73. The first kappa shape index (κ1) is 28.2. The highest BCUT2D eigenvalue weighted by atomic mass is 32.2. The summed E-state index contributed by atoms with van der Waals surface area (Å²) in [5, 5.41) is 0. The smallest absolute Gasteiger partial charge is 0.391 e.